The molecular weight excluding hydrogens is 175 g/mol. The molecule has 1 atom stereocenters. The van der Waals surface area contributed by atoms with E-state index in [1.807, 2.05) is 0 Å². The Morgan fingerprint density at radius 3 is 2.00 bits per heavy atom. The van der Waals surface area contributed by atoms with Gasteiger partial charge in [-0.1, -0.05) is 72.8 Å². The summed E-state index contributed by atoms with van der Waals surface area (Å²) in [4.78, 5) is 0. The van der Waals surface area contributed by atoms with Gasteiger partial charge >= 0.3 is 0 Å². The molecule has 0 heterocycles. The Morgan fingerprint density at radius 2 is 1.46 bits per heavy atom. The van der Waals surface area contributed by atoms with Crippen molar-refractivity contribution in [3.63, 3.8) is 0 Å². The lowest BCUT2D eigenvalue weighted by atomic mass is 10.1. The summed E-state index contributed by atoms with van der Waals surface area (Å²) in [7, 11) is 0.991. The fraction of sp³-hybridized carbons (Fsp3) is 0.833. The van der Waals surface area contributed by atoms with Crippen LogP contribution in [0.5, 0.6) is 0 Å². The van der Waals surface area contributed by atoms with Crippen molar-refractivity contribution in [3.05, 3.63) is 12.4 Å². The predicted octanol–water partition coefficient (Wildman–Crippen LogP) is 4.95. The fourth-order valence-electron chi connectivity index (χ4n) is 1.46. The average molecular weight is 200 g/mol. The third-order valence-electron chi connectivity index (χ3n) is 2.32. The number of hydrogen-bond acceptors (Lipinski definition) is 0. The van der Waals surface area contributed by atoms with Crippen molar-refractivity contribution >= 4 is 8.58 Å². The molecular formula is C12H25P. The van der Waals surface area contributed by atoms with Crippen LogP contribution in [0.2, 0.25) is 0 Å². The Hall–Kier alpha value is 0.170. The van der Waals surface area contributed by atoms with Crippen LogP contribution in [0.1, 0.15) is 58.3 Å². The van der Waals surface area contributed by atoms with Gasteiger partial charge in [-0.25, -0.2) is 0 Å². The summed E-state index contributed by atoms with van der Waals surface area (Å²) in [5.74, 6) is 2.06. The minimum Gasteiger partial charge on any atom is -0.0990 e. The molecule has 0 rings (SSSR count). The molecule has 13 heavy (non-hydrogen) atoms. The van der Waals surface area contributed by atoms with Crippen molar-refractivity contribution in [2.75, 3.05) is 6.16 Å². The van der Waals surface area contributed by atoms with E-state index in [9.17, 15) is 0 Å². The molecule has 0 aromatic rings. The van der Waals surface area contributed by atoms with Crippen molar-refractivity contribution in [1.82, 2.24) is 0 Å². The lowest BCUT2D eigenvalue weighted by molar-refractivity contribution is 0.586. The minimum atomic E-state index is 0.991. The quantitative estimate of drug-likeness (QED) is 0.346. The zero-order chi connectivity index (χ0) is 9.78. The Labute approximate surface area is 86.0 Å². The van der Waals surface area contributed by atoms with Gasteiger partial charge in [0.05, 0.1) is 0 Å². The lowest BCUT2D eigenvalue weighted by Crippen LogP contribution is -1.81. The van der Waals surface area contributed by atoms with Crippen LogP contribution in [-0.4, -0.2) is 6.16 Å². The van der Waals surface area contributed by atoms with Gasteiger partial charge < -0.3 is 0 Å². The van der Waals surface area contributed by atoms with E-state index in [0.717, 1.165) is 8.58 Å². The molecule has 78 valence electrons. The van der Waals surface area contributed by atoms with Crippen molar-refractivity contribution in [2.45, 2.75) is 58.3 Å². The van der Waals surface area contributed by atoms with Gasteiger partial charge in [-0.15, -0.1) is 0 Å². The molecule has 0 aliphatic carbocycles. The summed E-state index contributed by atoms with van der Waals surface area (Å²) >= 11 is 0. The van der Waals surface area contributed by atoms with E-state index in [0.29, 0.717) is 0 Å². The van der Waals surface area contributed by atoms with E-state index >= 15 is 0 Å². The first kappa shape index (κ1) is 13.2. The van der Waals surface area contributed by atoms with Gasteiger partial charge in [0.25, 0.3) is 0 Å². The normalized spacial score (nSPS) is 11.2. The molecule has 0 nitrogen and oxygen atoms in total. The second-order valence-electron chi connectivity index (χ2n) is 3.63. The van der Waals surface area contributed by atoms with Crippen LogP contribution in [0, 0.1) is 0 Å². The number of hydrogen-bond donors (Lipinski definition) is 0. The van der Waals surface area contributed by atoms with Crippen molar-refractivity contribution < 1.29 is 0 Å². The second-order valence-corrected chi connectivity index (χ2v) is 4.95. The second kappa shape index (κ2) is 12.2. The van der Waals surface area contributed by atoms with Crippen LogP contribution in [-0.2, 0) is 0 Å². The maximum atomic E-state index is 3.74. The van der Waals surface area contributed by atoms with Gasteiger partial charge in [-0.2, -0.15) is 0 Å². The van der Waals surface area contributed by atoms with Crippen LogP contribution in [0.25, 0.3) is 0 Å². The molecule has 0 aliphatic rings. The first-order chi connectivity index (χ1) is 6.41. The van der Waals surface area contributed by atoms with Crippen molar-refractivity contribution in [1.29, 1.82) is 0 Å². The third kappa shape index (κ3) is 12.2. The molecule has 1 heteroatoms. The smallest absolute Gasteiger partial charge is 0.0319 e. The van der Waals surface area contributed by atoms with E-state index in [1.54, 1.807) is 0 Å². The van der Waals surface area contributed by atoms with Crippen LogP contribution in [0.15, 0.2) is 12.4 Å². The summed E-state index contributed by atoms with van der Waals surface area (Å²) < 4.78 is 0. The number of unbranched alkanes of at least 4 members (excludes halogenated alkanes) is 7. The van der Waals surface area contributed by atoms with Crippen LogP contribution >= 0.6 is 8.58 Å². The monoisotopic (exact) mass is 200 g/mol. The van der Waals surface area contributed by atoms with Crippen molar-refractivity contribution in [3.8, 4) is 0 Å². The van der Waals surface area contributed by atoms with E-state index in [1.165, 1.54) is 57.5 Å². The maximum absolute atomic E-state index is 3.74. The fourth-order valence-corrected chi connectivity index (χ4v) is 2.12. The van der Waals surface area contributed by atoms with Gasteiger partial charge in [0.15, 0.2) is 0 Å². The Balaban J connectivity index is 2.79. The van der Waals surface area contributed by atoms with Crippen molar-refractivity contribution in [2.24, 2.45) is 0 Å². The highest BCUT2D eigenvalue weighted by Gasteiger charge is 1.90. The predicted molar refractivity (Wildman–Crippen MR) is 66.0 cm³/mol. The highest BCUT2D eigenvalue weighted by molar-refractivity contribution is 7.41. The van der Waals surface area contributed by atoms with Gasteiger partial charge in [0, 0.05) is 0 Å². The van der Waals surface area contributed by atoms with E-state index in [2.05, 4.69) is 19.3 Å². The highest BCUT2D eigenvalue weighted by atomic mass is 31.1. The molecule has 1 unspecified atom stereocenters. The molecule has 0 saturated carbocycles. The molecule has 0 aromatic heterocycles. The van der Waals surface area contributed by atoms with Crippen LogP contribution in [0.3, 0.4) is 0 Å². The topological polar surface area (TPSA) is 0 Å². The average Bonchev–Trinajstić information content (AvgIpc) is 2.16. The van der Waals surface area contributed by atoms with Crippen LogP contribution < -0.4 is 0 Å². The summed E-state index contributed by atoms with van der Waals surface area (Å²) in [6, 6.07) is 0. The van der Waals surface area contributed by atoms with E-state index < -0.39 is 0 Å². The van der Waals surface area contributed by atoms with Gasteiger partial charge in [0.1, 0.15) is 0 Å². The molecule has 0 radical (unpaired) electrons. The molecule has 0 fully saturated rings. The Morgan fingerprint density at radius 1 is 0.923 bits per heavy atom. The molecule has 0 saturated heterocycles. The third-order valence-corrected chi connectivity index (χ3v) is 3.25. The summed E-state index contributed by atoms with van der Waals surface area (Å²) in [6.45, 7) is 6.01. The first-order valence-corrected chi connectivity index (χ1v) is 7.04. The largest absolute Gasteiger partial charge is 0.0990 e. The zero-order valence-electron chi connectivity index (χ0n) is 9.15. The molecule has 0 amide bonds. The Kier molecular flexibility index (Phi) is 12.3. The molecule has 0 aromatic carbocycles. The summed E-state index contributed by atoms with van der Waals surface area (Å²) in [5, 5.41) is 0. The molecule has 0 spiro atoms. The highest BCUT2D eigenvalue weighted by Crippen LogP contribution is 2.15. The van der Waals surface area contributed by atoms with Gasteiger partial charge in [-0.05, 0) is 12.6 Å². The maximum Gasteiger partial charge on any atom is -0.0319 e. The van der Waals surface area contributed by atoms with Gasteiger partial charge in [-0.3, -0.25) is 0 Å². The van der Waals surface area contributed by atoms with Crippen LogP contribution in [0.4, 0.5) is 0 Å². The minimum absolute atomic E-state index is 0.991. The lowest BCUT2D eigenvalue weighted by Gasteiger charge is -2.00. The van der Waals surface area contributed by atoms with E-state index in [4.69, 9.17) is 0 Å². The molecule has 0 N–H and O–H groups in total. The first-order valence-electron chi connectivity index (χ1n) is 5.76. The van der Waals surface area contributed by atoms with E-state index in [-0.39, 0.29) is 0 Å². The standard InChI is InChI=1S/C12H25P/c1-3-5-6-7-8-9-10-11-12-13-4-2/h4,13H,2-3,5-12H2,1H3. The molecule has 0 aliphatic heterocycles. The zero-order valence-corrected chi connectivity index (χ0v) is 10.1. The Bertz CT molecular complexity index is 99.3. The summed E-state index contributed by atoms with van der Waals surface area (Å²) in [6.07, 6.45) is 12.8. The summed E-state index contributed by atoms with van der Waals surface area (Å²) in [5.41, 5.74) is 0. The van der Waals surface area contributed by atoms with Gasteiger partial charge in [0.2, 0.25) is 0 Å². The number of rotatable bonds is 10. The SMILES string of the molecule is C=CPCCCCCCCCCC. The molecule has 0 bridgehead atoms.